The number of nitrogens with one attached hydrogen (secondary N) is 1. The van der Waals surface area contributed by atoms with Gasteiger partial charge in [-0.15, -0.1) is 24.8 Å². The van der Waals surface area contributed by atoms with Crippen molar-refractivity contribution in [3.63, 3.8) is 0 Å². The quantitative estimate of drug-likeness (QED) is 0.809. The van der Waals surface area contributed by atoms with Crippen LogP contribution in [0.4, 0.5) is 0 Å². The first-order valence-corrected chi connectivity index (χ1v) is 7.34. The number of halogens is 2. The molecule has 0 aromatic carbocycles. The van der Waals surface area contributed by atoms with Crippen molar-refractivity contribution in [2.45, 2.75) is 50.6 Å². The van der Waals surface area contributed by atoms with Crippen molar-refractivity contribution < 1.29 is 9.53 Å². The lowest BCUT2D eigenvalue weighted by molar-refractivity contribution is -0.127. The van der Waals surface area contributed by atoms with Gasteiger partial charge in [0.1, 0.15) is 0 Å². The zero-order chi connectivity index (χ0) is 13.9. The molecule has 21 heavy (non-hydrogen) atoms. The summed E-state index contributed by atoms with van der Waals surface area (Å²) in [5.74, 6) is 0.0198. The SMILES string of the molecule is CC(C)(CNC(=O)C1(N)CCCC1)N1CCOCC1.Cl.Cl. The van der Waals surface area contributed by atoms with Gasteiger partial charge in [0.2, 0.25) is 5.91 Å². The highest BCUT2D eigenvalue weighted by molar-refractivity contribution is 5.86. The smallest absolute Gasteiger partial charge is 0.240 e. The molecule has 5 nitrogen and oxygen atoms in total. The van der Waals surface area contributed by atoms with Gasteiger partial charge in [-0.05, 0) is 26.7 Å². The van der Waals surface area contributed by atoms with Crippen molar-refractivity contribution in [1.82, 2.24) is 10.2 Å². The van der Waals surface area contributed by atoms with E-state index in [9.17, 15) is 4.79 Å². The van der Waals surface area contributed by atoms with Gasteiger partial charge in [0.05, 0.1) is 18.8 Å². The van der Waals surface area contributed by atoms with Crippen molar-refractivity contribution in [1.29, 1.82) is 0 Å². The third-order valence-corrected chi connectivity index (χ3v) is 4.50. The topological polar surface area (TPSA) is 67.6 Å². The second-order valence-electron chi connectivity index (χ2n) is 6.46. The summed E-state index contributed by atoms with van der Waals surface area (Å²) in [6.45, 7) is 8.38. The molecule has 1 aliphatic heterocycles. The van der Waals surface area contributed by atoms with E-state index in [1.165, 1.54) is 0 Å². The van der Waals surface area contributed by atoms with Crippen LogP contribution in [0, 0.1) is 0 Å². The molecule has 0 atom stereocenters. The maximum absolute atomic E-state index is 12.2. The number of nitrogens with zero attached hydrogens (tertiary/aromatic N) is 1. The second-order valence-corrected chi connectivity index (χ2v) is 6.46. The lowest BCUT2D eigenvalue weighted by Gasteiger charge is -2.41. The molecule has 2 aliphatic rings. The molecule has 0 spiro atoms. The molecule has 0 aromatic rings. The van der Waals surface area contributed by atoms with Crippen molar-refractivity contribution in [2.75, 3.05) is 32.8 Å². The van der Waals surface area contributed by atoms with Crippen LogP contribution in [-0.4, -0.2) is 54.7 Å². The molecular weight excluding hydrogens is 313 g/mol. The maximum atomic E-state index is 12.2. The number of ether oxygens (including phenoxy) is 1. The third-order valence-electron chi connectivity index (χ3n) is 4.50. The van der Waals surface area contributed by atoms with E-state index in [0.29, 0.717) is 6.54 Å². The monoisotopic (exact) mass is 341 g/mol. The average Bonchev–Trinajstić information content (AvgIpc) is 2.85. The highest BCUT2D eigenvalue weighted by Gasteiger charge is 2.38. The Balaban J connectivity index is 0.00000200. The minimum absolute atomic E-state index is 0. The summed E-state index contributed by atoms with van der Waals surface area (Å²) in [5, 5.41) is 3.06. The Morgan fingerprint density at radius 3 is 2.29 bits per heavy atom. The highest BCUT2D eigenvalue weighted by Crippen LogP contribution is 2.27. The molecule has 2 rings (SSSR count). The van der Waals surface area contributed by atoms with Crippen LogP contribution in [0.2, 0.25) is 0 Å². The van der Waals surface area contributed by atoms with E-state index in [4.69, 9.17) is 10.5 Å². The molecule has 0 aromatic heterocycles. The molecule has 0 radical (unpaired) electrons. The summed E-state index contributed by atoms with van der Waals surface area (Å²) in [4.78, 5) is 14.6. The molecule has 7 heteroatoms. The summed E-state index contributed by atoms with van der Waals surface area (Å²) in [7, 11) is 0. The number of carbonyl (C=O) groups excluding carboxylic acids is 1. The number of amides is 1. The van der Waals surface area contributed by atoms with Gasteiger partial charge in [-0.25, -0.2) is 0 Å². The van der Waals surface area contributed by atoms with Crippen LogP contribution in [0.1, 0.15) is 39.5 Å². The molecule has 1 saturated carbocycles. The standard InChI is InChI=1S/C14H27N3O2.2ClH/c1-13(2,17-7-9-19-10-8-17)11-16-12(18)14(15)5-3-4-6-14;;/h3-11,15H2,1-2H3,(H,16,18);2*1H. The predicted molar refractivity (Wildman–Crippen MR) is 89.4 cm³/mol. The molecule has 3 N–H and O–H groups in total. The number of hydrogen-bond acceptors (Lipinski definition) is 4. The zero-order valence-electron chi connectivity index (χ0n) is 13.0. The first kappa shape index (κ1) is 20.9. The number of hydrogen-bond donors (Lipinski definition) is 2. The van der Waals surface area contributed by atoms with E-state index >= 15 is 0 Å². The predicted octanol–water partition coefficient (Wildman–Crippen LogP) is 1.33. The van der Waals surface area contributed by atoms with E-state index in [1.54, 1.807) is 0 Å². The van der Waals surface area contributed by atoms with Crippen molar-refractivity contribution >= 4 is 30.7 Å². The minimum atomic E-state index is -0.624. The normalized spacial score (nSPS) is 22.0. The summed E-state index contributed by atoms with van der Waals surface area (Å²) < 4.78 is 5.37. The van der Waals surface area contributed by atoms with Crippen LogP contribution in [0.25, 0.3) is 0 Å². The van der Waals surface area contributed by atoms with Crippen LogP contribution in [0.5, 0.6) is 0 Å². The van der Waals surface area contributed by atoms with Gasteiger partial charge < -0.3 is 15.8 Å². The Hall–Kier alpha value is -0.0700. The Kier molecular flexibility index (Phi) is 8.50. The Morgan fingerprint density at radius 2 is 1.76 bits per heavy atom. The summed E-state index contributed by atoms with van der Waals surface area (Å²) in [6, 6.07) is 0. The minimum Gasteiger partial charge on any atom is -0.379 e. The Morgan fingerprint density at radius 1 is 1.24 bits per heavy atom. The fourth-order valence-electron chi connectivity index (χ4n) is 2.99. The molecule has 126 valence electrons. The molecule has 1 heterocycles. The molecule has 2 fully saturated rings. The molecule has 0 unspecified atom stereocenters. The van der Waals surface area contributed by atoms with Gasteiger partial charge >= 0.3 is 0 Å². The van der Waals surface area contributed by atoms with Crippen LogP contribution in [0.15, 0.2) is 0 Å². The average molecular weight is 342 g/mol. The van der Waals surface area contributed by atoms with Gasteiger partial charge in [-0.2, -0.15) is 0 Å². The first-order valence-electron chi connectivity index (χ1n) is 7.34. The molecular formula is C14H29Cl2N3O2. The summed E-state index contributed by atoms with van der Waals surface area (Å²) in [5.41, 5.74) is 5.49. The van der Waals surface area contributed by atoms with E-state index in [-0.39, 0.29) is 36.3 Å². The van der Waals surface area contributed by atoms with Crippen molar-refractivity contribution in [3.8, 4) is 0 Å². The Bertz CT molecular complexity index is 328. The lowest BCUT2D eigenvalue weighted by Crippen LogP contribution is -2.59. The van der Waals surface area contributed by atoms with E-state index in [2.05, 4.69) is 24.1 Å². The van der Waals surface area contributed by atoms with E-state index < -0.39 is 5.54 Å². The fraction of sp³-hybridized carbons (Fsp3) is 0.929. The summed E-state index contributed by atoms with van der Waals surface area (Å²) >= 11 is 0. The van der Waals surface area contributed by atoms with Crippen LogP contribution in [0.3, 0.4) is 0 Å². The number of carbonyl (C=O) groups is 1. The van der Waals surface area contributed by atoms with Crippen molar-refractivity contribution in [3.05, 3.63) is 0 Å². The van der Waals surface area contributed by atoms with Crippen LogP contribution >= 0.6 is 24.8 Å². The molecule has 1 aliphatic carbocycles. The first-order chi connectivity index (χ1) is 8.94. The van der Waals surface area contributed by atoms with Crippen LogP contribution < -0.4 is 11.1 Å². The molecule has 1 amide bonds. The number of morpholine rings is 1. The van der Waals surface area contributed by atoms with E-state index in [1.807, 2.05) is 0 Å². The lowest BCUT2D eigenvalue weighted by atomic mass is 9.96. The molecule has 1 saturated heterocycles. The molecule has 0 bridgehead atoms. The number of rotatable bonds is 4. The third kappa shape index (κ3) is 5.25. The maximum Gasteiger partial charge on any atom is 0.240 e. The number of nitrogens with two attached hydrogens (primary N) is 1. The fourth-order valence-corrected chi connectivity index (χ4v) is 2.99. The van der Waals surface area contributed by atoms with Gasteiger partial charge in [-0.1, -0.05) is 12.8 Å². The van der Waals surface area contributed by atoms with Gasteiger partial charge in [-0.3, -0.25) is 9.69 Å². The Labute approximate surface area is 140 Å². The van der Waals surface area contributed by atoms with Crippen LogP contribution in [-0.2, 0) is 9.53 Å². The second kappa shape index (κ2) is 8.53. The van der Waals surface area contributed by atoms with E-state index in [0.717, 1.165) is 52.0 Å². The zero-order valence-corrected chi connectivity index (χ0v) is 14.7. The van der Waals surface area contributed by atoms with Gasteiger partial charge in [0.25, 0.3) is 0 Å². The largest absolute Gasteiger partial charge is 0.379 e. The highest BCUT2D eigenvalue weighted by atomic mass is 35.5. The summed E-state index contributed by atoms with van der Waals surface area (Å²) in [6.07, 6.45) is 3.77. The van der Waals surface area contributed by atoms with Crippen molar-refractivity contribution in [2.24, 2.45) is 5.73 Å². The van der Waals surface area contributed by atoms with Gasteiger partial charge in [0.15, 0.2) is 0 Å². The van der Waals surface area contributed by atoms with Gasteiger partial charge in [0, 0.05) is 25.2 Å².